The van der Waals surface area contributed by atoms with Crippen molar-refractivity contribution in [3.05, 3.63) is 65.1 Å². The van der Waals surface area contributed by atoms with Crippen LogP contribution in [0.3, 0.4) is 0 Å². The number of nitrogens with zero attached hydrogens (tertiary/aromatic N) is 3. The van der Waals surface area contributed by atoms with E-state index in [1.54, 1.807) is 35.0 Å². The summed E-state index contributed by atoms with van der Waals surface area (Å²) in [6.45, 7) is 0. The van der Waals surface area contributed by atoms with Crippen molar-refractivity contribution >= 4 is 23.0 Å². The summed E-state index contributed by atoms with van der Waals surface area (Å²) < 4.78 is 1.79. The highest BCUT2D eigenvalue weighted by molar-refractivity contribution is 6.31. The summed E-state index contributed by atoms with van der Waals surface area (Å²) in [7, 11) is 0. The lowest BCUT2D eigenvalue weighted by atomic mass is 10.0. The molecule has 94 valence electrons. The van der Waals surface area contributed by atoms with Gasteiger partial charge in [-0.1, -0.05) is 29.8 Å². The molecule has 0 aliphatic heterocycles. The maximum absolute atomic E-state index is 12.1. The highest BCUT2D eigenvalue weighted by atomic mass is 35.5. The molecule has 2 aromatic heterocycles. The van der Waals surface area contributed by atoms with Crippen LogP contribution in [-0.2, 0) is 6.42 Å². The summed E-state index contributed by atoms with van der Waals surface area (Å²) in [5.41, 5.74) is 2.30. The fourth-order valence-corrected chi connectivity index (χ4v) is 2.12. The van der Waals surface area contributed by atoms with Crippen molar-refractivity contribution in [1.29, 1.82) is 0 Å². The third kappa shape index (κ3) is 2.48. The van der Waals surface area contributed by atoms with E-state index in [4.69, 9.17) is 11.6 Å². The molecule has 0 N–H and O–H groups in total. The van der Waals surface area contributed by atoms with Gasteiger partial charge in [0.2, 0.25) is 0 Å². The Bertz CT molecular complexity index is 751. The van der Waals surface area contributed by atoms with Crippen LogP contribution >= 0.6 is 11.6 Å². The predicted molar refractivity (Wildman–Crippen MR) is 72.5 cm³/mol. The average molecular weight is 272 g/mol. The van der Waals surface area contributed by atoms with Gasteiger partial charge in [0.1, 0.15) is 6.33 Å². The van der Waals surface area contributed by atoms with Gasteiger partial charge < -0.3 is 0 Å². The zero-order chi connectivity index (χ0) is 13.2. The molecule has 1 aromatic carbocycles. The molecule has 0 saturated heterocycles. The first-order valence-electron chi connectivity index (χ1n) is 5.79. The molecular weight excluding hydrogens is 262 g/mol. The van der Waals surface area contributed by atoms with Gasteiger partial charge >= 0.3 is 0 Å². The number of carbonyl (C=O) groups is 1. The molecule has 0 radical (unpaired) electrons. The second-order valence-electron chi connectivity index (χ2n) is 4.24. The molecule has 19 heavy (non-hydrogen) atoms. The van der Waals surface area contributed by atoms with Gasteiger partial charge in [-0.2, -0.15) is 0 Å². The van der Waals surface area contributed by atoms with E-state index in [2.05, 4.69) is 10.2 Å². The van der Waals surface area contributed by atoms with Crippen LogP contribution in [0.25, 0.3) is 5.65 Å². The predicted octanol–water partition coefficient (Wildman–Crippen LogP) is 2.81. The van der Waals surface area contributed by atoms with Crippen LogP contribution in [-0.4, -0.2) is 20.4 Å². The Balaban J connectivity index is 1.86. The number of ketones is 1. The SMILES string of the molecule is O=C(Cc1ccc2nncn2c1)c1cccc(Cl)c1. The van der Waals surface area contributed by atoms with Crippen molar-refractivity contribution in [2.24, 2.45) is 0 Å². The van der Waals surface area contributed by atoms with E-state index in [9.17, 15) is 4.79 Å². The third-order valence-corrected chi connectivity index (χ3v) is 3.10. The topological polar surface area (TPSA) is 47.3 Å². The number of carbonyl (C=O) groups excluding carboxylic acids is 1. The second-order valence-corrected chi connectivity index (χ2v) is 4.68. The average Bonchev–Trinajstić information content (AvgIpc) is 2.86. The van der Waals surface area contributed by atoms with Crippen molar-refractivity contribution in [1.82, 2.24) is 14.6 Å². The molecule has 0 unspecified atom stereocenters. The molecule has 5 heteroatoms. The molecular formula is C14H10ClN3O. The fourth-order valence-electron chi connectivity index (χ4n) is 1.93. The number of aromatic nitrogens is 3. The standard InChI is InChI=1S/C14H10ClN3O/c15-12-3-1-2-11(7-12)13(19)6-10-4-5-14-17-16-9-18(14)8-10/h1-5,7-9H,6H2. The van der Waals surface area contributed by atoms with Crippen LogP contribution in [0.2, 0.25) is 5.02 Å². The molecule has 0 amide bonds. The van der Waals surface area contributed by atoms with Gasteiger partial charge in [0.15, 0.2) is 11.4 Å². The van der Waals surface area contributed by atoms with Gasteiger partial charge in [-0.25, -0.2) is 0 Å². The smallest absolute Gasteiger partial charge is 0.167 e. The molecule has 3 aromatic rings. The second kappa shape index (κ2) is 4.82. The number of hydrogen-bond donors (Lipinski definition) is 0. The summed E-state index contributed by atoms with van der Waals surface area (Å²) in [6.07, 6.45) is 3.80. The molecule has 0 aliphatic rings. The fraction of sp³-hybridized carbons (Fsp3) is 0.0714. The third-order valence-electron chi connectivity index (χ3n) is 2.86. The Morgan fingerprint density at radius 2 is 2.16 bits per heavy atom. The molecule has 0 bridgehead atoms. The minimum atomic E-state index is 0.0370. The molecule has 0 spiro atoms. The molecule has 3 rings (SSSR count). The van der Waals surface area contributed by atoms with Crippen LogP contribution in [0.1, 0.15) is 15.9 Å². The monoisotopic (exact) mass is 271 g/mol. The Labute approximate surface area is 114 Å². The van der Waals surface area contributed by atoms with E-state index in [0.29, 0.717) is 17.0 Å². The van der Waals surface area contributed by atoms with E-state index in [0.717, 1.165) is 11.2 Å². The lowest BCUT2D eigenvalue weighted by molar-refractivity contribution is 0.0993. The van der Waals surface area contributed by atoms with E-state index < -0.39 is 0 Å². The normalized spacial score (nSPS) is 10.8. The van der Waals surface area contributed by atoms with Gasteiger partial charge in [-0.3, -0.25) is 9.20 Å². The Kier molecular flexibility index (Phi) is 3.01. The van der Waals surface area contributed by atoms with Crippen molar-refractivity contribution in [3.8, 4) is 0 Å². The maximum atomic E-state index is 12.1. The summed E-state index contributed by atoms with van der Waals surface area (Å²) >= 11 is 5.88. The number of rotatable bonds is 3. The van der Waals surface area contributed by atoms with E-state index in [-0.39, 0.29) is 5.78 Å². The molecule has 4 nitrogen and oxygen atoms in total. The van der Waals surface area contributed by atoms with Gasteiger partial charge in [0.25, 0.3) is 0 Å². The highest BCUT2D eigenvalue weighted by Crippen LogP contribution is 2.13. The van der Waals surface area contributed by atoms with E-state index in [1.165, 1.54) is 0 Å². The van der Waals surface area contributed by atoms with Crippen LogP contribution < -0.4 is 0 Å². The number of benzene rings is 1. The summed E-state index contributed by atoms with van der Waals surface area (Å²) in [6, 6.07) is 10.7. The Hall–Kier alpha value is -2.20. The van der Waals surface area contributed by atoms with E-state index >= 15 is 0 Å². The zero-order valence-electron chi connectivity index (χ0n) is 9.95. The van der Waals surface area contributed by atoms with Crippen LogP contribution in [0, 0.1) is 0 Å². The first-order chi connectivity index (χ1) is 9.22. The number of fused-ring (bicyclic) bond motifs is 1. The van der Waals surface area contributed by atoms with Crippen molar-refractivity contribution in [3.63, 3.8) is 0 Å². The van der Waals surface area contributed by atoms with E-state index in [1.807, 2.05) is 18.3 Å². The van der Waals surface area contributed by atoms with Crippen LogP contribution in [0.5, 0.6) is 0 Å². The lowest BCUT2D eigenvalue weighted by Crippen LogP contribution is -2.04. The first kappa shape index (κ1) is 11.9. The minimum absolute atomic E-state index is 0.0370. The maximum Gasteiger partial charge on any atom is 0.167 e. The van der Waals surface area contributed by atoms with Crippen LogP contribution in [0.15, 0.2) is 48.9 Å². The van der Waals surface area contributed by atoms with Gasteiger partial charge in [0, 0.05) is 23.2 Å². The molecule has 0 saturated carbocycles. The Morgan fingerprint density at radius 3 is 3.00 bits per heavy atom. The van der Waals surface area contributed by atoms with Gasteiger partial charge in [-0.05, 0) is 23.8 Å². The number of pyridine rings is 1. The quantitative estimate of drug-likeness (QED) is 0.688. The number of halogens is 1. The number of hydrogen-bond acceptors (Lipinski definition) is 3. The summed E-state index contributed by atoms with van der Waals surface area (Å²) in [4.78, 5) is 12.1. The minimum Gasteiger partial charge on any atom is -0.294 e. The largest absolute Gasteiger partial charge is 0.294 e. The molecule has 2 heterocycles. The molecule has 0 fully saturated rings. The Morgan fingerprint density at radius 1 is 1.26 bits per heavy atom. The first-order valence-corrected chi connectivity index (χ1v) is 6.17. The lowest BCUT2D eigenvalue weighted by Gasteiger charge is -2.03. The molecule has 0 atom stereocenters. The van der Waals surface area contributed by atoms with Gasteiger partial charge in [-0.15, -0.1) is 10.2 Å². The van der Waals surface area contributed by atoms with Crippen molar-refractivity contribution in [2.75, 3.05) is 0 Å². The van der Waals surface area contributed by atoms with Crippen LogP contribution in [0.4, 0.5) is 0 Å². The molecule has 0 aliphatic carbocycles. The summed E-state index contributed by atoms with van der Waals surface area (Å²) in [5.74, 6) is 0.0370. The van der Waals surface area contributed by atoms with Gasteiger partial charge in [0.05, 0.1) is 0 Å². The summed E-state index contributed by atoms with van der Waals surface area (Å²) in [5, 5.41) is 8.29. The van der Waals surface area contributed by atoms with Crippen molar-refractivity contribution in [2.45, 2.75) is 6.42 Å². The zero-order valence-corrected chi connectivity index (χ0v) is 10.7. The highest BCUT2D eigenvalue weighted by Gasteiger charge is 2.08. The van der Waals surface area contributed by atoms with Crippen molar-refractivity contribution < 1.29 is 4.79 Å². The number of Topliss-reactive ketones (excluding diaryl/α,β-unsaturated/α-hetero) is 1.